The number of hydrogen-bond donors (Lipinski definition) is 0. The zero-order valence-electron chi connectivity index (χ0n) is 5.55. The van der Waals surface area contributed by atoms with Crippen molar-refractivity contribution >= 4 is 11.8 Å². The summed E-state index contributed by atoms with van der Waals surface area (Å²) in [5, 5.41) is 1.14. The molecule has 1 aliphatic heterocycles. The van der Waals surface area contributed by atoms with Gasteiger partial charge in [0, 0.05) is 5.25 Å². The summed E-state index contributed by atoms with van der Waals surface area (Å²) < 4.78 is 0. The van der Waals surface area contributed by atoms with Crippen molar-refractivity contribution in [2.24, 2.45) is 17.8 Å². The molecular formula is C8H12S. The quantitative estimate of drug-likeness (QED) is 0.497. The predicted molar refractivity (Wildman–Crippen MR) is 40.6 cm³/mol. The first-order valence-corrected chi connectivity index (χ1v) is 5.11. The second-order valence-electron chi connectivity index (χ2n) is 3.80. The van der Waals surface area contributed by atoms with Gasteiger partial charge in [0.25, 0.3) is 0 Å². The second-order valence-corrected chi connectivity index (χ2v) is 5.01. The highest BCUT2D eigenvalue weighted by molar-refractivity contribution is 8.01. The first-order chi connectivity index (χ1) is 4.45. The van der Waals surface area contributed by atoms with Crippen LogP contribution in [0.25, 0.3) is 0 Å². The van der Waals surface area contributed by atoms with Crippen LogP contribution < -0.4 is 0 Å². The Kier molecular flexibility index (Phi) is 0.843. The van der Waals surface area contributed by atoms with E-state index in [-0.39, 0.29) is 0 Å². The molecule has 0 N–H and O–H groups in total. The van der Waals surface area contributed by atoms with Gasteiger partial charge in [0.15, 0.2) is 0 Å². The van der Waals surface area contributed by atoms with E-state index in [0.29, 0.717) is 0 Å². The number of hydrogen-bond acceptors (Lipinski definition) is 1. The van der Waals surface area contributed by atoms with Gasteiger partial charge in [-0.2, -0.15) is 11.8 Å². The van der Waals surface area contributed by atoms with E-state index >= 15 is 0 Å². The van der Waals surface area contributed by atoms with Crippen LogP contribution in [0.15, 0.2) is 0 Å². The highest BCUT2D eigenvalue weighted by Crippen LogP contribution is 2.59. The predicted octanol–water partition coefficient (Wildman–Crippen LogP) is 2.15. The summed E-state index contributed by atoms with van der Waals surface area (Å²) in [5.41, 5.74) is 0. The number of fused-ring (bicyclic) bond motifs is 5. The number of thioether (sulfide) groups is 1. The van der Waals surface area contributed by atoms with Gasteiger partial charge in [0.2, 0.25) is 0 Å². The van der Waals surface area contributed by atoms with Crippen LogP contribution in [0.2, 0.25) is 0 Å². The Hall–Kier alpha value is 0.350. The average Bonchev–Trinajstić information content (AvgIpc) is 2.18. The van der Waals surface area contributed by atoms with Gasteiger partial charge in [-0.1, -0.05) is 0 Å². The molecule has 3 fully saturated rings. The summed E-state index contributed by atoms with van der Waals surface area (Å²) in [7, 11) is 0. The third-order valence-electron chi connectivity index (χ3n) is 3.49. The zero-order valence-corrected chi connectivity index (χ0v) is 6.36. The van der Waals surface area contributed by atoms with E-state index in [1.54, 1.807) is 19.3 Å². The monoisotopic (exact) mass is 140 g/mol. The normalized spacial score (nSPS) is 61.3. The molecule has 50 valence electrons. The highest BCUT2D eigenvalue weighted by Gasteiger charge is 2.52. The van der Waals surface area contributed by atoms with Gasteiger partial charge in [-0.05, 0) is 42.8 Å². The largest absolute Gasteiger partial charge is 0.158 e. The molecule has 2 aliphatic carbocycles. The van der Waals surface area contributed by atoms with Crippen LogP contribution in [0, 0.1) is 17.8 Å². The SMILES string of the molecule is C1CC2CC1C1CSC21. The third-order valence-corrected chi connectivity index (χ3v) is 5.18. The fourth-order valence-electron chi connectivity index (χ4n) is 2.95. The molecule has 2 bridgehead atoms. The minimum Gasteiger partial charge on any atom is -0.158 e. The van der Waals surface area contributed by atoms with Crippen molar-refractivity contribution in [1.82, 2.24) is 0 Å². The molecule has 0 aromatic rings. The van der Waals surface area contributed by atoms with Gasteiger partial charge in [-0.15, -0.1) is 0 Å². The maximum absolute atomic E-state index is 2.24. The lowest BCUT2D eigenvalue weighted by atomic mass is 9.89. The maximum atomic E-state index is 2.24. The Morgan fingerprint density at radius 1 is 1.11 bits per heavy atom. The lowest BCUT2D eigenvalue weighted by molar-refractivity contribution is 0.354. The van der Waals surface area contributed by atoms with Crippen molar-refractivity contribution in [1.29, 1.82) is 0 Å². The molecule has 9 heavy (non-hydrogen) atoms. The fraction of sp³-hybridized carbons (Fsp3) is 1.00. The summed E-state index contributed by atoms with van der Waals surface area (Å²) in [6.07, 6.45) is 4.74. The molecule has 1 saturated heterocycles. The summed E-state index contributed by atoms with van der Waals surface area (Å²) in [4.78, 5) is 0. The molecule has 0 aromatic carbocycles. The van der Waals surface area contributed by atoms with Crippen LogP contribution in [0.4, 0.5) is 0 Å². The van der Waals surface area contributed by atoms with Gasteiger partial charge in [-0.3, -0.25) is 0 Å². The van der Waals surface area contributed by atoms with Gasteiger partial charge >= 0.3 is 0 Å². The van der Waals surface area contributed by atoms with Gasteiger partial charge in [-0.25, -0.2) is 0 Å². The molecule has 0 aromatic heterocycles. The number of rotatable bonds is 0. The minimum absolute atomic E-state index is 1.14. The van der Waals surface area contributed by atoms with Crippen molar-refractivity contribution in [3.8, 4) is 0 Å². The standard InChI is InChI=1S/C8H12S/c1-2-6-3-5(1)7-4-9-8(6)7/h5-8H,1-4H2. The average molecular weight is 140 g/mol. The molecule has 0 spiro atoms. The van der Waals surface area contributed by atoms with Gasteiger partial charge in [0.1, 0.15) is 0 Å². The summed E-state index contributed by atoms with van der Waals surface area (Å²) in [5.74, 6) is 5.04. The van der Waals surface area contributed by atoms with Crippen molar-refractivity contribution in [2.75, 3.05) is 5.75 Å². The molecule has 4 atom stereocenters. The van der Waals surface area contributed by atoms with Crippen molar-refractivity contribution in [3.63, 3.8) is 0 Å². The fourth-order valence-corrected chi connectivity index (χ4v) is 4.60. The van der Waals surface area contributed by atoms with Crippen LogP contribution in [-0.2, 0) is 0 Å². The second kappa shape index (κ2) is 1.50. The van der Waals surface area contributed by atoms with Crippen molar-refractivity contribution in [3.05, 3.63) is 0 Å². The molecule has 0 radical (unpaired) electrons. The van der Waals surface area contributed by atoms with E-state index in [1.807, 2.05) is 0 Å². The third kappa shape index (κ3) is 0.485. The molecular weight excluding hydrogens is 128 g/mol. The molecule has 0 nitrogen and oxygen atoms in total. The van der Waals surface area contributed by atoms with E-state index in [4.69, 9.17) is 0 Å². The first kappa shape index (κ1) is 5.06. The Balaban J connectivity index is 1.94. The highest BCUT2D eigenvalue weighted by atomic mass is 32.2. The van der Waals surface area contributed by atoms with Crippen molar-refractivity contribution < 1.29 is 0 Å². The summed E-state index contributed by atoms with van der Waals surface area (Å²) in [6.45, 7) is 0. The molecule has 1 heterocycles. The molecule has 4 unspecified atom stereocenters. The first-order valence-electron chi connectivity index (χ1n) is 4.07. The van der Waals surface area contributed by atoms with Crippen LogP contribution in [0.1, 0.15) is 19.3 Å². The minimum atomic E-state index is 1.14. The molecule has 2 saturated carbocycles. The maximum Gasteiger partial charge on any atom is 0.0114 e. The molecule has 0 amide bonds. The van der Waals surface area contributed by atoms with Crippen molar-refractivity contribution in [2.45, 2.75) is 24.5 Å². The van der Waals surface area contributed by atoms with Gasteiger partial charge < -0.3 is 0 Å². The van der Waals surface area contributed by atoms with Crippen LogP contribution in [-0.4, -0.2) is 11.0 Å². The molecule has 3 rings (SSSR count). The lowest BCUT2D eigenvalue weighted by Crippen LogP contribution is -2.35. The van der Waals surface area contributed by atoms with E-state index in [1.165, 1.54) is 23.5 Å². The van der Waals surface area contributed by atoms with E-state index in [2.05, 4.69) is 11.8 Å². The Morgan fingerprint density at radius 3 is 2.44 bits per heavy atom. The topological polar surface area (TPSA) is 0 Å². The zero-order chi connectivity index (χ0) is 5.84. The summed E-state index contributed by atoms with van der Waals surface area (Å²) in [6, 6.07) is 0. The molecule has 3 aliphatic rings. The Labute approximate surface area is 60.4 Å². The smallest absolute Gasteiger partial charge is 0.0114 e. The van der Waals surface area contributed by atoms with E-state index < -0.39 is 0 Å². The van der Waals surface area contributed by atoms with Crippen LogP contribution >= 0.6 is 11.8 Å². The van der Waals surface area contributed by atoms with Crippen LogP contribution in [0.3, 0.4) is 0 Å². The molecule has 1 heteroatoms. The lowest BCUT2D eigenvalue weighted by Gasteiger charge is -2.39. The van der Waals surface area contributed by atoms with E-state index in [0.717, 1.165) is 5.25 Å². The van der Waals surface area contributed by atoms with E-state index in [9.17, 15) is 0 Å². The van der Waals surface area contributed by atoms with Gasteiger partial charge in [0.05, 0.1) is 0 Å². The Morgan fingerprint density at radius 2 is 2.00 bits per heavy atom. The summed E-state index contributed by atoms with van der Waals surface area (Å²) >= 11 is 2.24. The van der Waals surface area contributed by atoms with Crippen LogP contribution in [0.5, 0.6) is 0 Å². The Bertz CT molecular complexity index is 124.